The Kier molecular flexibility index (Phi) is 1.72. The van der Waals surface area contributed by atoms with Crippen LogP contribution in [-0.4, -0.2) is 21.7 Å². The van der Waals surface area contributed by atoms with E-state index in [1.54, 1.807) is 0 Å². The number of hydrogen-bond acceptors (Lipinski definition) is 4. The molecule has 1 rings (SSSR count). The van der Waals surface area contributed by atoms with Gasteiger partial charge in [-0.1, -0.05) is 0 Å². The Balaban J connectivity index is 2.46. The fraction of sp³-hybridized carbons (Fsp3) is 1.00. The molecule has 1 saturated carbocycles. The molecular formula is C6H14N2O2. The lowest BCUT2D eigenvalue weighted by Crippen LogP contribution is -2.55. The van der Waals surface area contributed by atoms with Crippen LogP contribution in [0.4, 0.5) is 0 Å². The van der Waals surface area contributed by atoms with E-state index in [2.05, 4.69) is 0 Å². The van der Waals surface area contributed by atoms with Gasteiger partial charge in [0.15, 0.2) is 5.79 Å². The Morgan fingerprint density at radius 2 is 1.30 bits per heavy atom. The van der Waals surface area contributed by atoms with Crippen LogP contribution in [0.3, 0.4) is 0 Å². The average molecular weight is 146 g/mol. The lowest BCUT2D eigenvalue weighted by Gasteiger charge is -2.36. The van der Waals surface area contributed by atoms with Gasteiger partial charge in [0.2, 0.25) is 0 Å². The van der Waals surface area contributed by atoms with E-state index < -0.39 is 11.4 Å². The molecule has 4 nitrogen and oxygen atoms in total. The Bertz CT molecular complexity index is 106. The van der Waals surface area contributed by atoms with Crippen LogP contribution in [0.25, 0.3) is 0 Å². The van der Waals surface area contributed by atoms with E-state index in [1.165, 1.54) is 0 Å². The molecule has 10 heavy (non-hydrogen) atoms. The molecule has 0 aromatic heterocycles. The lowest BCUT2D eigenvalue weighted by molar-refractivity contribution is -0.187. The molecular weight excluding hydrogens is 132 g/mol. The number of hydrogen-bond donors (Lipinski definition) is 4. The molecule has 0 radical (unpaired) electrons. The van der Waals surface area contributed by atoms with Gasteiger partial charge in [-0.05, 0) is 12.8 Å². The minimum absolute atomic E-state index is 0.278. The van der Waals surface area contributed by atoms with Crippen molar-refractivity contribution in [3.8, 4) is 0 Å². The summed E-state index contributed by atoms with van der Waals surface area (Å²) >= 11 is 0. The van der Waals surface area contributed by atoms with Gasteiger partial charge in [0.05, 0.1) is 5.66 Å². The number of rotatable bonds is 0. The molecule has 0 atom stereocenters. The van der Waals surface area contributed by atoms with E-state index in [-0.39, 0.29) is 12.8 Å². The third-order valence-electron chi connectivity index (χ3n) is 1.98. The van der Waals surface area contributed by atoms with Crippen molar-refractivity contribution in [3.63, 3.8) is 0 Å². The van der Waals surface area contributed by atoms with Gasteiger partial charge in [-0.25, -0.2) is 0 Å². The molecule has 60 valence electrons. The highest BCUT2D eigenvalue weighted by atomic mass is 16.5. The summed E-state index contributed by atoms with van der Waals surface area (Å²) in [6.07, 6.45) is 1.50. The van der Waals surface area contributed by atoms with Crippen LogP contribution in [-0.2, 0) is 0 Å². The maximum absolute atomic E-state index is 9.05. The topological polar surface area (TPSA) is 92.5 Å². The van der Waals surface area contributed by atoms with E-state index in [0.29, 0.717) is 12.8 Å². The zero-order chi connectivity index (χ0) is 7.83. The highest BCUT2D eigenvalue weighted by Gasteiger charge is 2.35. The average Bonchev–Trinajstić information content (AvgIpc) is 1.79. The predicted molar refractivity (Wildman–Crippen MR) is 36.7 cm³/mol. The van der Waals surface area contributed by atoms with Crippen molar-refractivity contribution in [1.29, 1.82) is 0 Å². The van der Waals surface area contributed by atoms with Crippen LogP contribution in [0, 0.1) is 0 Å². The molecule has 0 saturated heterocycles. The standard InChI is InChI=1S/C6H14N2O2/c7-5(8)1-3-6(9,10)4-2-5/h9-10H,1-4,7-8H2. The fourth-order valence-corrected chi connectivity index (χ4v) is 1.12. The van der Waals surface area contributed by atoms with Gasteiger partial charge in [-0.2, -0.15) is 0 Å². The van der Waals surface area contributed by atoms with Crippen molar-refractivity contribution < 1.29 is 10.2 Å². The maximum atomic E-state index is 9.05. The highest BCUT2D eigenvalue weighted by molar-refractivity contribution is 4.86. The smallest absolute Gasteiger partial charge is 0.162 e. The Morgan fingerprint density at radius 1 is 0.900 bits per heavy atom. The van der Waals surface area contributed by atoms with E-state index >= 15 is 0 Å². The largest absolute Gasteiger partial charge is 0.366 e. The Morgan fingerprint density at radius 3 is 1.60 bits per heavy atom. The van der Waals surface area contributed by atoms with E-state index in [4.69, 9.17) is 21.7 Å². The normalized spacial score (nSPS) is 30.0. The van der Waals surface area contributed by atoms with E-state index in [1.807, 2.05) is 0 Å². The molecule has 1 fully saturated rings. The van der Waals surface area contributed by atoms with Crippen LogP contribution in [0.2, 0.25) is 0 Å². The molecule has 1 aliphatic carbocycles. The lowest BCUT2D eigenvalue weighted by atomic mass is 9.86. The summed E-state index contributed by atoms with van der Waals surface area (Å²) in [5.41, 5.74) is 10.4. The first-order valence-corrected chi connectivity index (χ1v) is 3.44. The summed E-state index contributed by atoms with van der Waals surface area (Å²) in [6.45, 7) is 0. The summed E-state index contributed by atoms with van der Waals surface area (Å²) in [4.78, 5) is 0. The molecule has 1 aliphatic rings. The van der Waals surface area contributed by atoms with Crippen LogP contribution in [0.5, 0.6) is 0 Å². The molecule has 0 amide bonds. The van der Waals surface area contributed by atoms with Crippen molar-refractivity contribution in [1.82, 2.24) is 0 Å². The monoisotopic (exact) mass is 146 g/mol. The Hall–Kier alpha value is -0.160. The number of aliphatic hydroxyl groups is 2. The van der Waals surface area contributed by atoms with Gasteiger partial charge in [0, 0.05) is 12.8 Å². The minimum atomic E-state index is -1.53. The van der Waals surface area contributed by atoms with Gasteiger partial charge in [0.1, 0.15) is 0 Å². The predicted octanol–water partition coefficient (Wildman–Crippen LogP) is -1.15. The zero-order valence-electron chi connectivity index (χ0n) is 5.88. The van der Waals surface area contributed by atoms with Crippen molar-refractivity contribution in [2.24, 2.45) is 11.5 Å². The van der Waals surface area contributed by atoms with Gasteiger partial charge in [0.25, 0.3) is 0 Å². The fourth-order valence-electron chi connectivity index (χ4n) is 1.12. The molecule has 4 heteroatoms. The van der Waals surface area contributed by atoms with Crippen molar-refractivity contribution in [3.05, 3.63) is 0 Å². The summed E-state index contributed by atoms with van der Waals surface area (Å²) in [7, 11) is 0. The molecule has 0 aromatic carbocycles. The van der Waals surface area contributed by atoms with Crippen LogP contribution >= 0.6 is 0 Å². The second kappa shape index (κ2) is 2.17. The summed E-state index contributed by atoms with van der Waals surface area (Å²) in [5.74, 6) is -1.53. The Labute approximate surface area is 59.8 Å². The molecule has 0 unspecified atom stereocenters. The minimum Gasteiger partial charge on any atom is -0.366 e. The van der Waals surface area contributed by atoms with Gasteiger partial charge in [-0.3, -0.25) is 0 Å². The third-order valence-corrected chi connectivity index (χ3v) is 1.98. The van der Waals surface area contributed by atoms with Crippen molar-refractivity contribution >= 4 is 0 Å². The van der Waals surface area contributed by atoms with Gasteiger partial charge in [-0.15, -0.1) is 0 Å². The second-order valence-corrected chi connectivity index (χ2v) is 3.22. The highest BCUT2D eigenvalue weighted by Crippen LogP contribution is 2.28. The molecule has 6 N–H and O–H groups in total. The molecule has 0 aromatic rings. The molecule has 0 spiro atoms. The zero-order valence-corrected chi connectivity index (χ0v) is 5.88. The first-order valence-electron chi connectivity index (χ1n) is 3.44. The third kappa shape index (κ3) is 1.91. The van der Waals surface area contributed by atoms with Crippen molar-refractivity contribution in [2.45, 2.75) is 37.1 Å². The van der Waals surface area contributed by atoms with Gasteiger partial charge < -0.3 is 21.7 Å². The molecule has 0 aliphatic heterocycles. The van der Waals surface area contributed by atoms with E-state index in [9.17, 15) is 0 Å². The van der Waals surface area contributed by atoms with E-state index in [0.717, 1.165) is 0 Å². The van der Waals surface area contributed by atoms with Crippen LogP contribution in [0.15, 0.2) is 0 Å². The summed E-state index contributed by atoms with van der Waals surface area (Å²) in [5, 5.41) is 18.1. The van der Waals surface area contributed by atoms with Crippen LogP contribution < -0.4 is 11.5 Å². The summed E-state index contributed by atoms with van der Waals surface area (Å²) < 4.78 is 0. The maximum Gasteiger partial charge on any atom is 0.162 e. The first-order chi connectivity index (χ1) is 4.41. The van der Waals surface area contributed by atoms with Crippen LogP contribution in [0.1, 0.15) is 25.7 Å². The SMILES string of the molecule is NC1(N)CCC(O)(O)CC1. The summed E-state index contributed by atoms with van der Waals surface area (Å²) in [6, 6.07) is 0. The quantitative estimate of drug-likeness (QED) is 0.325. The molecule has 0 bridgehead atoms. The second-order valence-electron chi connectivity index (χ2n) is 3.22. The van der Waals surface area contributed by atoms with Gasteiger partial charge >= 0.3 is 0 Å². The first kappa shape index (κ1) is 7.94. The number of nitrogens with two attached hydrogens (primary N) is 2. The molecule has 0 heterocycles. The van der Waals surface area contributed by atoms with Crippen molar-refractivity contribution in [2.75, 3.05) is 0 Å².